The van der Waals surface area contributed by atoms with Crippen LogP contribution in [0.4, 0.5) is 9.18 Å². The molecule has 1 spiro atoms. The zero-order chi connectivity index (χ0) is 28.3. The van der Waals surface area contributed by atoms with Crippen LogP contribution in [0.15, 0.2) is 23.8 Å². The van der Waals surface area contributed by atoms with Gasteiger partial charge in [0, 0.05) is 29.8 Å². The van der Waals surface area contributed by atoms with Gasteiger partial charge in [0.2, 0.25) is 0 Å². The van der Waals surface area contributed by atoms with Crippen molar-refractivity contribution in [3.63, 3.8) is 0 Å². The van der Waals surface area contributed by atoms with Crippen molar-refractivity contribution in [3.8, 4) is 0 Å². The van der Waals surface area contributed by atoms with Gasteiger partial charge in [0.15, 0.2) is 17.2 Å². The summed E-state index contributed by atoms with van der Waals surface area (Å²) < 4.78 is 17.7. The van der Waals surface area contributed by atoms with Crippen LogP contribution in [0.25, 0.3) is 0 Å². The first-order valence-corrected chi connectivity index (χ1v) is 14.7. The number of carbonyl (C=O) groups is 3. The number of fused-ring (bicyclic) bond motifs is 5. The van der Waals surface area contributed by atoms with Crippen LogP contribution in [0.2, 0.25) is 0 Å². The first-order valence-electron chi connectivity index (χ1n) is 14.7. The Morgan fingerprint density at radius 3 is 2.56 bits per heavy atom. The Balaban J connectivity index is 1.47. The molecule has 7 nitrogen and oxygen atoms in total. The van der Waals surface area contributed by atoms with Gasteiger partial charge in [-0.25, -0.2) is 9.18 Å². The molecule has 3 N–H and O–H groups in total. The maximum absolute atomic E-state index is 17.7. The predicted molar refractivity (Wildman–Crippen MR) is 141 cm³/mol. The number of carboxylic acid groups (broad SMARTS) is 1. The lowest BCUT2D eigenvalue weighted by atomic mass is 9.41. The SMILES string of the molecule is C[C@H]1CC2C3CCC4=CC(=O)C=C[C@]4(C)C3(F)[C@@H](O)C[C@]2(C)[C@@]1(C(=O)CO)C1CCCC12CC2N(C)C(=O)O. The number of carbonyl (C=O) groups excluding carboxylic acids is 2. The molecule has 6 aliphatic carbocycles. The Kier molecular flexibility index (Phi) is 5.74. The number of rotatable bonds is 4. The number of halogens is 1. The molecule has 0 aliphatic heterocycles. The fourth-order valence-electron chi connectivity index (χ4n) is 11.6. The van der Waals surface area contributed by atoms with Crippen molar-refractivity contribution >= 4 is 17.7 Å². The lowest BCUT2D eigenvalue weighted by Gasteiger charge is -2.64. The third-order valence-electron chi connectivity index (χ3n) is 13.2. The smallest absolute Gasteiger partial charge is 0.407 e. The average Bonchev–Trinajstić information content (AvgIpc) is 3.37. The Morgan fingerprint density at radius 1 is 1.18 bits per heavy atom. The number of allylic oxidation sites excluding steroid dienone is 4. The van der Waals surface area contributed by atoms with E-state index in [1.165, 1.54) is 17.1 Å². The zero-order valence-electron chi connectivity index (χ0n) is 23.5. The Bertz CT molecular complexity index is 1200. The highest BCUT2D eigenvalue weighted by Crippen LogP contribution is 2.79. The number of nitrogens with zero attached hydrogens (tertiary/aromatic N) is 1. The number of aliphatic hydroxyl groups is 2. The van der Waals surface area contributed by atoms with Gasteiger partial charge < -0.3 is 20.2 Å². The minimum absolute atomic E-state index is 0.0947. The molecule has 5 saturated carbocycles. The standard InChI is InChI=1S/C31H42FNO6/c1-17-12-21-20-8-7-18-13-19(35)9-11-27(18,2)31(20,32)24(36)15-28(21,3)30(17,25(37)16-34)22-6-5-10-29(22)14-23(29)33(4)26(38)39/h9,11,13,17,20-24,34,36H,5-8,10,12,14-16H2,1-4H3,(H,38,39)/t17-,20?,21?,22?,23?,24-,27-,28-,29?,30+,31?/m0/s1. The molecule has 39 heavy (non-hydrogen) atoms. The molecule has 11 atom stereocenters. The van der Waals surface area contributed by atoms with E-state index in [4.69, 9.17) is 0 Å². The van der Waals surface area contributed by atoms with E-state index >= 15 is 4.39 Å². The highest BCUT2D eigenvalue weighted by Gasteiger charge is 2.80. The highest BCUT2D eigenvalue weighted by atomic mass is 19.1. The number of hydrogen-bond donors (Lipinski definition) is 3. The first kappa shape index (κ1) is 27.1. The molecule has 0 saturated heterocycles. The second kappa shape index (κ2) is 8.25. The number of ketones is 2. The van der Waals surface area contributed by atoms with Crippen LogP contribution in [0.5, 0.6) is 0 Å². The molecule has 6 rings (SSSR count). The van der Waals surface area contributed by atoms with Crippen molar-refractivity contribution in [3.05, 3.63) is 23.8 Å². The zero-order valence-corrected chi connectivity index (χ0v) is 23.5. The molecule has 0 aromatic carbocycles. The Hall–Kier alpha value is -2.06. The van der Waals surface area contributed by atoms with Crippen LogP contribution in [0.1, 0.15) is 72.1 Å². The molecule has 6 aliphatic rings. The van der Waals surface area contributed by atoms with Gasteiger partial charge >= 0.3 is 6.09 Å². The summed E-state index contributed by atoms with van der Waals surface area (Å²) in [6.07, 6.45) is 7.21. The number of alkyl halides is 1. The summed E-state index contributed by atoms with van der Waals surface area (Å²) in [4.78, 5) is 39.6. The van der Waals surface area contributed by atoms with Crippen LogP contribution in [0, 0.1) is 45.3 Å². The van der Waals surface area contributed by atoms with Gasteiger partial charge in [-0.05, 0) is 92.6 Å². The largest absolute Gasteiger partial charge is 0.465 e. The number of amides is 1. The summed E-state index contributed by atoms with van der Waals surface area (Å²) in [5, 5.41) is 32.0. The van der Waals surface area contributed by atoms with Gasteiger partial charge in [-0.3, -0.25) is 9.59 Å². The second-order valence-electron chi connectivity index (χ2n) is 14.1. The Labute approximate surface area is 229 Å². The first-order chi connectivity index (χ1) is 18.3. The lowest BCUT2D eigenvalue weighted by molar-refractivity contribution is -0.215. The van der Waals surface area contributed by atoms with Gasteiger partial charge in [0.25, 0.3) is 0 Å². The number of Topliss-reactive ketones (excluding diaryl/α,β-unsaturated/α-hetero) is 1. The molecule has 0 bridgehead atoms. The molecule has 8 heteroatoms. The van der Waals surface area contributed by atoms with Gasteiger partial charge in [-0.1, -0.05) is 31.9 Å². The third-order valence-corrected chi connectivity index (χ3v) is 13.2. The normalized spacial score (nSPS) is 51.7. The number of aliphatic hydroxyl groups excluding tert-OH is 2. The maximum atomic E-state index is 17.7. The molecule has 0 aromatic rings. The quantitative estimate of drug-likeness (QED) is 0.487. The molecule has 0 aromatic heterocycles. The molecule has 6 unspecified atom stereocenters. The van der Waals surface area contributed by atoms with Crippen molar-refractivity contribution in [1.82, 2.24) is 4.90 Å². The molecule has 0 radical (unpaired) electrons. The monoisotopic (exact) mass is 543 g/mol. The van der Waals surface area contributed by atoms with E-state index in [2.05, 4.69) is 13.8 Å². The van der Waals surface area contributed by atoms with Gasteiger partial charge in [0.05, 0.1) is 6.10 Å². The van der Waals surface area contributed by atoms with Gasteiger partial charge in [0.1, 0.15) is 6.61 Å². The van der Waals surface area contributed by atoms with E-state index in [9.17, 15) is 29.7 Å². The van der Waals surface area contributed by atoms with Gasteiger partial charge in [-0.2, -0.15) is 0 Å². The van der Waals surface area contributed by atoms with Crippen molar-refractivity contribution in [2.45, 2.75) is 90.0 Å². The third kappa shape index (κ3) is 2.98. The summed E-state index contributed by atoms with van der Waals surface area (Å²) in [5.41, 5.74) is -4.41. The summed E-state index contributed by atoms with van der Waals surface area (Å²) in [6, 6.07) is -0.180. The topological polar surface area (TPSA) is 115 Å². The predicted octanol–water partition coefficient (Wildman–Crippen LogP) is 4.32. The fraction of sp³-hybridized carbons (Fsp3) is 0.774. The molecule has 1 amide bonds. The maximum Gasteiger partial charge on any atom is 0.407 e. The van der Waals surface area contributed by atoms with Crippen LogP contribution in [0.3, 0.4) is 0 Å². The summed E-state index contributed by atoms with van der Waals surface area (Å²) >= 11 is 0. The lowest BCUT2D eigenvalue weighted by Crippen LogP contribution is -2.69. The van der Waals surface area contributed by atoms with Crippen LogP contribution < -0.4 is 0 Å². The van der Waals surface area contributed by atoms with Crippen molar-refractivity contribution in [2.24, 2.45) is 45.3 Å². The van der Waals surface area contributed by atoms with E-state index in [1.54, 1.807) is 20.0 Å². The van der Waals surface area contributed by atoms with E-state index < -0.39 is 46.6 Å². The molecule has 214 valence electrons. The van der Waals surface area contributed by atoms with Crippen LogP contribution >= 0.6 is 0 Å². The molecular formula is C31H42FNO6. The molecular weight excluding hydrogens is 501 g/mol. The number of hydrogen-bond acceptors (Lipinski definition) is 5. The van der Waals surface area contributed by atoms with E-state index in [0.717, 1.165) is 24.8 Å². The van der Waals surface area contributed by atoms with E-state index in [0.29, 0.717) is 25.7 Å². The van der Waals surface area contributed by atoms with Crippen molar-refractivity contribution in [1.29, 1.82) is 0 Å². The molecule has 0 heterocycles. The highest BCUT2D eigenvalue weighted by molar-refractivity contribution is 6.01. The summed E-state index contributed by atoms with van der Waals surface area (Å²) in [6.45, 7) is 5.29. The van der Waals surface area contributed by atoms with E-state index in [-0.39, 0.29) is 47.2 Å². The summed E-state index contributed by atoms with van der Waals surface area (Å²) in [5.74, 6) is -1.37. The summed E-state index contributed by atoms with van der Waals surface area (Å²) in [7, 11) is 1.60. The average molecular weight is 544 g/mol. The molecule has 5 fully saturated rings. The van der Waals surface area contributed by atoms with Crippen molar-refractivity contribution < 1.29 is 34.1 Å². The minimum Gasteiger partial charge on any atom is -0.465 e. The van der Waals surface area contributed by atoms with E-state index in [1.807, 2.05) is 0 Å². The van der Waals surface area contributed by atoms with Crippen molar-refractivity contribution in [2.75, 3.05) is 13.7 Å². The minimum atomic E-state index is -1.98. The Morgan fingerprint density at radius 2 is 1.90 bits per heavy atom. The fourth-order valence-corrected chi connectivity index (χ4v) is 11.6. The second-order valence-corrected chi connectivity index (χ2v) is 14.1. The van der Waals surface area contributed by atoms with Gasteiger partial charge in [-0.15, -0.1) is 0 Å². The van der Waals surface area contributed by atoms with Crippen LogP contribution in [-0.2, 0) is 9.59 Å². The van der Waals surface area contributed by atoms with Crippen LogP contribution in [-0.4, -0.2) is 69.3 Å².